The highest BCUT2D eigenvalue weighted by Crippen LogP contribution is 2.14. The minimum absolute atomic E-state index is 0.790. The van der Waals surface area contributed by atoms with E-state index in [-0.39, 0.29) is 0 Å². The number of hydrogen-bond donors (Lipinski definition) is 2. The fraction of sp³-hybridized carbons (Fsp3) is 0.562. The van der Waals surface area contributed by atoms with Crippen LogP contribution in [0.25, 0.3) is 0 Å². The molecule has 1 aromatic carbocycles. The van der Waals surface area contributed by atoms with Crippen molar-refractivity contribution in [2.75, 3.05) is 33.4 Å². The second-order valence-corrected chi connectivity index (χ2v) is 5.08. The molecule has 0 amide bonds. The molecule has 0 aliphatic heterocycles. The molecule has 0 saturated carbocycles. The summed E-state index contributed by atoms with van der Waals surface area (Å²) in [6, 6.07) is 7.92. The molecule has 118 valence electrons. The Labute approximate surface area is 132 Å². The molecular formula is C16H26ClN3O. The smallest absolute Gasteiger partial charge is 0.190 e. The predicted octanol–water partition coefficient (Wildman–Crippen LogP) is 2.86. The molecule has 1 aromatic rings. The maximum atomic E-state index is 6.13. The number of aliphatic imine (C=N–C) groups is 1. The zero-order valence-corrected chi connectivity index (χ0v) is 13.7. The van der Waals surface area contributed by atoms with Crippen LogP contribution in [0.15, 0.2) is 29.3 Å². The number of rotatable bonds is 9. The molecule has 0 unspecified atom stereocenters. The molecule has 0 aromatic heterocycles. The van der Waals surface area contributed by atoms with E-state index in [1.807, 2.05) is 31.2 Å². The minimum Gasteiger partial charge on any atom is -0.382 e. The van der Waals surface area contributed by atoms with Crippen LogP contribution in [0.4, 0.5) is 0 Å². The fourth-order valence-electron chi connectivity index (χ4n) is 1.92. The van der Waals surface area contributed by atoms with Crippen LogP contribution >= 0.6 is 11.6 Å². The van der Waals surface area contributed by atoms with E-state index in [1.165, 1.54) is 0 Å². The molecule has 0 fully saturated rings. The first-order valence-corrected chi connectivity index (χ1v) is 7.91. The standard InChI is InChI=1S/C16H26ClN3O/c1-3-21-13-7-6-11-19-16(18-2)20-12-10-14-8-4-5-9-15(14)17/h4-5,8-9H,3,6-7,10-13H2,1-2H3,(H2,18,19,20). The molecule has 5 heteroatoms. The SMILES string of the molecule is CCOCCCCNC(=NC)NCCc1ccccc1Cl. The van der Waals surface area contributed by atoms with Crippen LogP contribution < -0.4 is 10.6 Å². The van der Waals surface area contributed by atoms with E-state index in [2.05, 4.69) is 15.6 Å². The number of halogens is 1. The summed E-state index contributed by atoms with van der Waals surface area (Å²) in [5.41, 5.74) is 1.15. The van der Waals surface area contributed by atoms with Crippen LogP contribution in [0, 0.1) is 0 Å². The van der Waals surface area contributed by atoms with Crippen molar-refractivity contribution in [1.82, 2.24) is 10.6 Å². The van der Waals surface area contributed by atoms with Crippen molar-refractivity contribution in [3.8, 4) is 0 Å². The van der Waals surface area contributed by atoms with E-state index < -0.39 is 0 Å². The lowest BCUT2D eigenvalue weighted by Gasteiger charge is -2.12. The Bertz CT molecular complexity index is 424. The molecule has 1 rings (SSSR count). The van der Waals surface area contributed by atoms with Crippen LogP contribution in [-0.4, -0.2) is 39.3 Å². The molecule has 21 heavy (non-hydrogen) atoms. The van der Waals surface area contributed by atoms with Crippen molar-refractivity contribution in [1.29, 1.82) is 0 Å². The maximum Gasteiger partial charge on any atom is 0.190 e. The van der Waals surface area contributed by atoms with Gasteiger partial charge < -0.3 is 15.4 Å². The third kappa shape index (κ3) is 7.93. The number of guanidine groups is 1. The molecule has 0 bridgehead atoms. The van der Waals surface area contributed by atoms with E-state index in [1.54, 1.807) is 7.05 Å². The number of ether oxygens (including phenoxy) is 1. The molecule has 0 saturated heterocycles. The van der Waals surface area contributed by atoms with E-state index in [0.717, 1.165) is 62.1 Å². The summed E-state index contributed by atoms with van der Waals surface area (Å²) in [5, 5.41) is 7.41. The number of hydrogen-bond acceptors (Lipinski definition) is 2. The lowest BCUT2D eigenvalue weighted by molar-refractivity contribution is 0.143. The fourth-order valence-corrected chi connectivity index (χ4v) is 2.15. The van der Waals surface area contributed by atoms with Gasteiger partial charge in [-0.15, -0.1) is 0 Å². The first kappa shape index (κ1) is 17.8. The van der Waals surface area contributed by atoms with Gasteiger partial charge in [0.15, 0.2) is 5.96 Å². The Balaban J connectivity index is 2.16. The molecule has 0 aliphatic rings. The van der Waals surface area contributed by atoms with Crippen molar-refractivity contribution in [2.45, 2.75) is 26.2 Å². The van der Waals surface area contributed by atoms with E-state index in [9.17, 15) is 0 Å². The third-order valence-corrected chi connectivity index (χ3v) is 3.45. The largest absolute Gasteiger partial charge is 0.382 e. The van der Waals surface area contributed by atoms with E-state index >= 15 is 0 Å². The summed E-state index contributed by atoms with van der Waals surface area (Å²) in [4.78, 5) is 4.21. The van der Waals surface area contributed by atoms with Crippen molar-refractivity contribution in [3.05, 3.63) is 34.9 Å². The van der Waals surface area contributed by atoms with Gasteiger partial charge in [-0.05, 0) is 37.8 Å². The summed E-state index contributed by atoms with van der Waals surface area (Å²) >= 11 is 6.13. The molecule has 0 radical (unpaired) electrons. The van der Waals surface area contributed by atoms with Crippen LogP contribution in [0.1, 0.15) is 25.3 Å². The third-order valence-electron chi connectivity index (χ3n) is 3.08. The predicted molar refractivity (Wildman–Crippen MR) is 90.2 cm³/mol. The summed E-state index contributed by atoms with van der Waals surface area (Å²) in [7, 11) is 1.78. The van der Waals surface area contributed by atoms with Gasteiger partial charge in [0.2, 0.25) is 0 Å². The van der Waals surface area contributed by atoms with Gasteiger partial charge in [-0.3, -0.25) is 4.99 Å². The zero-order valence-electron chi connectivity index (χ0n) is 13.0. The first-order chi connectivity index (χ1) is 10.3. The highest BCUT2D eigenvalue weighted by atomic mass is 35.5. The summed E-state index contributed by atoms with van der Waals surface area (Å²) in [6.07, 6.45) is 3.02. The summed E-state index contributed by atoms with van der Waals surface area (Å²) in [5.74, 6) is 0.832. The minimum atomic E-state index is 0.790. The van der Waals surface area contributed by atoms with Crippen molar-refractivity contribution in [2.24, 2.45) is 4.99 Å². The van der Waals surface area contributed by atoms with Gasteiger partial charge in [0.1, 0.15) is 0 Å². The quantitative estimate of drug-likeness (QED) is 0.419. The van der Waals surface area contributed by atoms with Crippen LogP contribution in [0.5, 0.6) is 0 Å². The Hall–Kier alpha value is -1.26. The number of nitrogens with zero attached hydrogens (tertiary/aromatic N) is 1. The highest BCUT2D eigenvalue weighted by molar-refractivity contribution is 6.31. The van der Waals surface area contributed by atoms with Gasteiger partial charge in [-0.1, -0.05) is 29.8 Å². The second-order valence-electron chi connectivity index (χ2n) is 4.67. The van der Waals surface area contributed by atoms with Gasteiger partial charge in [0.05, 0.1) is 0 Å². The van der Waals surface area contributed by atoms with E-state index in [4.69, 9.17) is 16.3 Å². The van der Waals surface area contributed by atoms with Crippen LogP contribution in [-0.2, 0) is 11.2 Å². The first-order valence-electron chi connectivity index (χ1n) is 7.53. The second kappa shape index (κ2) is 11.4. The zero-order chi connectivity index (χ0) is 15.3. The Morgan fingerprint density at radius 3 is 2.67 bits per heavy atom. The lowest BCUT2D eigenvalue weighted by Crippen LogP contribution is -2.38. The van der Waals surface area contributed by atoms with Crippen molar-refractivity contribution >= 4 is 17.6 Å². The summed E-state index contributed by atoms with van der Waals surface area (Å²) < 4.78 is 5.31. The van der Waals surface area contributed by atoms with Crippen molar-refractivity contribution < 1.29 is 4.74 Å². The number of nitrogens with one attached hydrogen (secondary N) is 2. The van der Waals surface area contributed by atoms with E-state index in [0.29, 0.717) is 0 Å². The van der Waals surface area contributed by atoms with Gasteiger partial charge in [0.25, 0.3) is 0 Å². The number of unbranched alkanes of at least 4 members (excludes halogenated alkanes) is 1. The molecule has 0 heterocycles. The molecule has 0 spiro atoms. The molecule has 2 N–H and O–H groups in total. The van der Waals surface area contributed by atoms with Gasteiger partial charge in [-0.2, -0.15) is 0 Å². The molecule has 0 aliphatic carbocycles. The average Bonchev–Trinajstić information content (AvgIpc) is 2.50. The van der Waals surface area contributed by atoms with Crippen LogP contribution in [0.2, 0.25) is 5.02 Å². The highest BCUT2D eigenvalue weighted by Gasteiger charge is 2.00. The van der Waals surface area contributed by atoms with Gasteiger partial charge in [0, 0.05) is 38.4 Å². The monoisotopic (exact) mass is 311 g/mol. The van der Waals surface area contributed by atoms with Gasteiger partial charge >= 0.3 is 0 Å². The Morgan fingerprint density at radius 2 is 1.95 bits per heavy atom. The normalized spacial score (nSPS) is 11.5. The van der Waals surface area contributed by atoms with Gasteiger partial charge in [-0.25, -0.2) is 0 Å². The molecular weight excluding hydrogens is 286 g/mol. The molecule has 4 nitrogen and oxygen atoms in total. The number of benzene rings is 1. The lowest BCUT2D eigenvalue weighted by atomic mass is 10.1. The molecule has 0 atom stereocenters. The maximum absolute atomic E-state index is 6.13. The Morgan fingerprint density at radius 1 is 1.19 bits per heavy atom. The topological polar surface area (TPSA) is 45.6 Å². The van der Waals surface area contributed by atoms with Crippen LogP contribution in [0.3, 0.4) is 0 Å². The summed E-state index contributed by atoms with van der Waals surface area (Å²) in [6.45, 7) is 5.35. The average molecular weight is 312 g/mol. The van der Waals surface area contributed by atoms with Crippen molar-refractivity contribution in [3.63, 3.8) is 0 Å². The Kier molecular flexibility index (Phi) is 9.66.